The van der Waals surface area contributed by atoms with Gasteiger partial charge in [0.05, 0.1) is 12.6 Å². The van der Waals surface area contributed by atoms with Gasteiger partial charge in [0.2, 0.25) is 0 Å². The van der Waals surface area contributed by atoms with Crippen molar-refractivity contribution in [2.45, 2.75) is 47.2 Å². The van der Waals surface area contributed by atoms with Crippen molar-refractivity contribution in [1.29, 1.82) is 0 Å². The molecule has 0 bridgehead atoms. The fraction of sp³-hybridized carbons (Fsp3) is 0.909. The van der Waals surface area contributed by atoms with Crippen molar-refractivity contribution < 1.29 is 0 Å². The van der Waals surface area contributed by atoms with Gasteiger partial charge >= 0.3 is 0 Å². The summed E-state index contributed by atoms with van der Waals surface area (Å²) in [6.07, 6.45) is 0. The Labute approximate surface area is 97.6 Å². The SMILES string of the molecule is CNC(C)c1nnnn1CC(C)(C)C(C)C. The van der Waals surface area contributed by atoms with Gasteiger partial charge < -0.3 is 5.32 Å². The van der Waals surface area contributed by atoms with E-state index in [4.69, 9.17) is 0 Å². The van der Waals surface area contributed by atoms with Crippen molar-refractivity contribution in [3.63, 3.8) is 0 Å². The Balaban J connectivity index is 2.86. The van der Waals surface area contributed by atoms with Crippen LogP contribution in [0.4, 0.5) is 0 Å². The molecule has 1 heterocycles. The van der Waals surface area contributed by atoms with Crippen molar-refractivity contribution in [2.75, 3.05) is 7.05 Å². The molecule has 0 aliphatic rings. The van der Waals surface area contributed by atoms with Gasteiger partial charge in [-0.3, -0.25) is 0 Å². The van der Waals surface area contributed by atoms with Gasteiger partial charge in [0.25, 0.3) is 0 Å². The Bertz CT molecular complexity index is 329. The molecule has 0 aromatic carbocycles. The summed E-state index contributed by atoms with van der Waals surface area (Å²) in [7, 11) is 1.91. The number of aromatic nitrogens is 4. The van der Waals surface area contributed by atoms with Crippen LogP contribution in [0.5, 0.6) is 0 Å². The molecule has 5 nitrogen and oxygen atoms in total. The van der Waals surface area contributed by atoms with Crippen molar-refractivity contribution >= 4 is 0 Å². The van der Waals surface area contributed by atoms with E-state index in [0.717, 1.165) is 12.4 Å². The number of hydrogen-bond acceptors (Lipinski definition) is 4. The lowest BCUT2D eigenvalue weighted by Gasteiger charge is -2.29. The van der Waals surface area contributed by atoms with Crippen LogP contribution in [-0.2, 0) is 6.54 Å². The van der Waals surface area contributed by atoms with Gasteiger partial charge in [0, 0.05) is 0 Å². The minimum atomic E-state index is 0.179. The van der Waals surface area contributed by atoms with Crippen molar-refractivity contribution in [3.05, 3.63) is 5.82 Å². The van der Waals surface area contributed by atoms with Gasteiger partial charge in [0.1, 0.15) is 0 Å². The molecular formula is C11H23N5. The Morgan fingerprint density at radius 1 is 1.31 bits per heavy atom. The first-order valence-corrected chi connectivity index (χ1v) is 5.82. The topological polar surface area (TPSA) is 55.6 Å². The molecule has 1 N–H and O–H groups in total. The molecule has 1 rings (SSSR count). The summed E-state index contributed by atoms with van der Waals surface area (Å²) in [6, 6.07) is 0.179. The Hall–Kier alpha value is -0.970. The number of tetrazole rings is 1. The van der Waals surface area contributed by atoms with Gasteiger partial charge in [-0.25, -0.2) is 4.68 Å². The maximum Gasteiger partial charge on any atom is 0.167 e. The monoisotopic (exact) mass is 225 g/mol. The van der Waals surface area contributed by atoms with Gasteiger partial charge in [-0.05, 0) is 35.7 Å². The first-order valence-electron chi connectivity index (χ1n) is 5.82. The lowest BCUT2D eigenvalue weighted by atomic mass is 9.81. The van der Waals surface area contributed by atoms with Crippen molar-refractivity contribution in [2.24, 2.45) is 11.3 Å². The third-order valence-electron chi connectivity index (χ3n) is 3.50. The third-order valence-corrected chi connectivity index (χ3v) is 3.50. The molecule has 0 aliphatic heterocycles. The molecule has 1 aromatic rings. The summed E-state index contributed by atoms with van der Waals surface area (Å²) in [6.45, 7) is 11.8. The molecule has 0 saturated heterocycles. The largest absolute Gasteiger partial charge is 0.311 e. The number of rotatable bonds is 5. The van der Waals surface area contributed by atoms with E-state index in [9.17, 15) is 0 Å². The number of nitrogens with zero attached hydrogens (tertiary/aromatic N) is 4. The summed E-state index contributed by atoms with van der Waals surface area (Å²) in [4.78, 5) is 0. The molecule has 0 aliphatic carbocycles. The highest BCUT2D eigenvalue weighted by atomic mass is 15.5. The first-order chi connectivity index (χ1) is 7.38. The summed E-state index contributed by atoms with van der Waals surface area (Å²) in [5.74, 6) is 1.49. The van der Waals surface area contributed by atoms with E-state index < -0.39 is 0 Å². The normalized spacial score (nSPS) is 14.4. The molecule has 0 radical (unpaired) electrons. The summed E-state index contributed by atoms with van der Waals surface area (Å²) in [5, 5.41) is 15.1. The van der Waals surface area contributed by atoms with Crippen LogP contribution in [0.2, 0.25) is 0 Å². The molecule has 0 spiro atoms. The molecule has 16 heavy (non-hydrogen) atoms. The maximum absolute atomic E-state index is 4.07. The van der Waals surface area contributed by atoms with Crippen LogP contribution < -0.4 is 5.32 Å². The second-order valence-electron chi connectivity index (χ2n) is 5.35. The van der Waals surface area contributed by atoms with E-state index in [0.29, 0.717) is 5.92 Å². The minimum Gasteiger partial charge on any atom is -0.311 e. The second kappa shape index (κ2) is 4.91. The Kier molecular flexibility index (Phi) is 4.02. The quantitative estimate of drug-likeness (QED) is 0.827. The Morgan fingerprint density at radius 3 is 2.44 bits per heavy atom. The van der Waals surface area contributed by atoms with Crippen LogP contribution in [0.3, 0.4) is 0 Å². The molecule has 1 aromatic heterocycles. The van der Waals surface area contributed by atoms with Crippen LogP contribution in [0, 0.1) is 11.3 Å². The highest BCUT2D eigenvalue weighted by Crippen LogP contribution is 2.28. The van der Waals surface area contributed by atoms with Crippen molar-refractivity contribution in [1.82, 2.24) is 25.5 Å². The molecule has 5 heteroatoms. The van der Waals surface area contributed by atoms with E-state index in [1.807, 2.05) is 11.7 Å². The highest BCUT2D eigenvalue weighted by Gasteiger charge is 2.25. The van der Waals surface area contributed by atoms with Crippen LogP contribution in [0.1, 0.15) is 46.5 Å². The van der Waals surface area contributed by atoms with Crippen molar-refractivity contribution in [3.8, 4) is 0 Å². The zero-order valence-electron chi connectivity index (χ0n) is 11.2. The van der Waals surface area contributed by atoms with Gasteiger partial charge in [-0.2, -0.15) is 0 Å². The maximum atomic E-state index is 4.07. The number of hydrogen-bond donors (Lipinski definition) is 1. The predicted molar refractivity (Wildman–Crippen MR) is 63.9 cm³/mol. The second-order valence-corrected chi connectivity index (χ2v) is 5.35. The predicted octanol–water partition coefficient (Wildman–Crippen LogP) is 1.64. The van der Waals surface area contributed by atoms with E-state index in [1.165, 1.54) is 0 Å². The zero-order chi connectivity index (χ0) is 12.3. The van der Waals surface area contributed by atoms with Crippen LogP contribution >= 0.6 is 0 Å². The van der Waals surface area contributed by atoms with Crippen LogP contribution in [0.25, 0.3) is 0 Å². The van der Waals surface area contributed by atoms with Gasteiger partial charge in [0.15, 0.2) is 5.82 Å². The standard InChI is InChI=1S/C11H23N5/c1-8(2)11(4,5)7-16-10(9(3)12-6)13-14-15-16/h8-9,12H,7H2,1-6H3. The molecule has 0 saturated carbocycles. The van der Waals surface area contributed by atoms with E-state index in [1.54, 1.807) is 0 Å². The van der Waals surface area contributed by atoms with Gasteiger partial charge in [-0.1, -0.05) is 27.7 Å². The van der Waals surface area contributed by atoms with Crippen LogP contribution in [-0.4, -0.2) is 27.3 Å². The highest BCUT2D eigenvalue weighted by molar-refractivity contribution is 4.90. The molecule has 1 atom stereocenters. The molecule has 92 valence electrons. The van der Waals surface area contributed by atoms with E-state index in [2.05, 4.69) is 55.5 Å². The first kappa shape index (κ1) is 13.1. The van der Waals surface area contributed by atoms with E-state index in [-0.39, 0.29) is 11.5 Å². The molecule has 0 fully saturated rings. The van der Waals surface area contributed by atoms with Gasteiger partial charge in [-0.15, -0.1) is 5.10 Å². The fourth-order valence-electron chi connectivity index (χ4n) is 1.33. The van der Waals surface area contributed by atoms with E-state index >= 15 is 0 Å². The number of nitrogens with one attached hydrogen (secondary N) is 1. The average Bonchev–Trinajstić information content (AvgIpc) is 2.63. The molecular weight excluding hydrogens is 202 g/mol. The lowest BCUT2D eigenvalue weighted by molar-refractivity contribution is 0.195. The molecule has 1 unspecified atom stereocenters. The average molecular weight is 225 g/mol. The Morgan fingerprint density at radius 2 is 1.94 bits per heavy atom. The summed E-state index contributed by atoms with van der Waals surface area (Å²) in [5.41, 5.74) is 0.192. The summed E-state index contributed by atoms with van der Waals surface area (Å²) >= 11 is 0. The molecule has 0 amide bonds. The lowest BCUT2D eigenvalue weighted by Crippen LogP contribution is -2.29. The summed E-state index contributed by atoms with van der Waals surface area (Å²) < 4.78 is 1.90. The third kappa shape index (κ3) is 2.78. The zero-order valence-corrected chi connectivity index (χ0v) is 11.2. The fourth-order valence-corrected chi connectivity index (χ4v) is 1.33. The smallest absolute Gasteiger partial charge is 0.167 e. The van der Waals surface area contributed by atoms with Crippen LogP contribution in [0.15, 0.2) is 0 Å². The minimum absolute atomic E-state index is 0.179.